The van der Waals surface area contributed by atoms with Crippen molar-refractivity contribution in [2.45, 2.75) is 19.0 Å². The predicted octanol–water partition coefficient (Wildman–Crippen LogP) is 1.34. The van der Waals surface area contributed by atoms with Crippen molar-refractivity contribution in [2.24, 2.45) is 0 Å². The fourth-order valence-corrected chi connectivity index (χ4v) is 1.19. The molecule has 4 nitrogen and oxygen atoms in total. The van der Waals surface area contributed by atoms with E-state index in [2.05, 4.69) is 5.32 Å². The first-order valence-corrected chi connectivity index (χ1v) is 5.60. The van der Waals surface area contributed by atoms with Gasteiger partial charge in [0.05, 0.1) is 13.0 Å². The summed E-state index contributed by atoms with van der Waals surface area (Å²) in [5.41, 5.74) is 0. The second-order valence-corrected chi connectivity index (χ2v) is 3.76. The number of hydrogen-bond acceptors (Lipinski definition) is 3. The third-order valence-electron chi connectivity index (χ3n) is 2.21. The molecular formula is C12H14F3NO3. The molecule has 0 spiro atoms. The molecule has 0 aliphatic heterocycles. The number of amides is 1. The number of benzene rings is 1. The second-order valence-electron chi connectivity index (χ2n) is 3.76. The van der Waals surface area contributed by atoms with E-state index in [1.807, 2.05) is 0 Å². The lowest BCUT2D eigenvalue weighted by Gasteiger charge is -2.11. The van der Waals surface area contributed by atoms with Crippen LogP contribution in [0.5, 0.6) is 5.75 Å². The Morgan fingerprint density at radius 1 is 1.32 bits per heavy atom. The Balaban J connectivity index is 2.18. The van der Waals surface area contributed by atoms with Gasteiger partial charge in [-0.2, -0.15) is 0 Å². The van der Waals surface area contributed by atoms with Crippen molar-refractivity contribution in [2.75, 3.05) is 13.2 Å². The molecule has 19 heavy (non-hydrogen) atoms. The van der Waals surface area contributed by atoms with Gasteiger partial charge in [-0.25, -0.2) is 13.2 Å². The quantitative estimate of drug-likeness (QED) is 0.790. The van der Waals surface area contributed by atoms with Crippen molar-refractivity contribution in [3.05, 3.63) is 30.1 Å². The summed E-state index contributed by atoms with van der Waals surface area (Å²) in [4.78, 5) is 11.2. The van der Waals surface area contributed by atoms with Crippen molar-refractivity contribution in [1.29, 1.82) is 0 Å². The lowest BCUT2D eigenvalue weighted by atomic mass is 10.3. The maximum absolute atomic E-state index is 12.6. The smallest absolute Gasteiger partial charge is 0.265 e. The molecule has 0 saturated carbocycles. The summed E-state index contributed by atoms with van der Waals surface area (Å²) in [7, 11) is 0. The zero-order valence-corrected chi connectivity index (χ0v) is 9.98. The van der Waals surface area contributed by atoms with Gasteiger partial charge in [-0.1, -0.05) is 0 Å². The van der Waals surface area contributed by atoms with E-state index in [0.717, 1.165) is 0 Å². The third kappa shape index (κ3) is 6.10. The van der Waals surface area contributed by atoms with Crippen LogP contribution in [-0.2, 0) is 4.79 Å². The molecule has 0 aromatic heterocycles. The maximum Gasteiger partial charge on any atom is 0.265 e. The minimum absolute atomic E-state index is 0.0300. The molecule has 7 heteroatoms. The molecule has 0 bridgehead atoms. The summed E-state index contributed by atoms with van der Waals surface area (Å²) >= 11 is 0. The number of ether oxygens (including phenoxy) is 1. The van der Waals surface area contributed by atoms with Crippen LogP contribution in [0.1, 0.15) is 6.42 Å². The molecule has 0 saturated heterocycles. The van der Waals surface area contributed by atoms with Crippen molar-refractivity contribution >= 4 is 5.91 Å². The normalized spacial score (nSPS) is 12.3. The van der Waals surface area contributed by atoms with E-state index < -0.39 is 30.8 Å². The van der Waals surface area contributed by atoms with Crippen molar-refractivity contribution in [3.63, 3.8) is 0 Å². The van der Waals surface area contributed by atoms with Crippen molar-refractivity contribution < 1.29 is 27.8 Å². The monoisotopic (exact) mass is 277 g/mol. The molecule has 1 unspecified atom stereocenters. The molecule has 1 rings (SSSR count). The maximum atomic E-state index is 12.6. The van der Waals surface area contributed by atoms with Crippen molar-refractivity contribution in [1.82, 2.24) is 5.32 Å². The molecule has 0 aliphatic rings. The van der Waals surface area contributed by atoms with Crippen LogP contribution in [0.15, 0.2) is 24.3 Å². The Morgan fingerprint density at radius 2 is 1.95 bits per heavy atom. The summed E-state index contributed by atoms with van der Waals surface area (Å²) < 4.78 is 41.6. The van der Waals surface area contributed by atoms with Crippen LogP contribution >= 0.6 is 0 Å². The van der Waals surface area contributed by atoms with Gasteiger partial charge in [0.1, 0.15) is 17.7 Å². The molecule has 0 radical (unpaired) electrons. The van der Waals surface area contributed by atoms with Crippen LogP contribution in [0.3, 0.4) is 0 Å². The number of nitrogens with one attached hydrogen (secondary N) is 1. The number of rotatable bonds is 7. The van der Waals surface area contributed by atoms with E-state index in [1.54, 1.807) is 0 Å². The second kappa shape index (κ2) is 7.63. The number of alkyl halides is 2. The Labute approximate surface area is 108 Å². The van der Waals surface area contributed by atoms with Gasteiger partial charge in [0.2, 0.25) is 5.91 Å². The highest BCUT2D eigenvalue weighted by molar-refractivity contribution is 5.76. The van der Waals surface area contributed by atoms with Crippen molar-refractivity contribution in [3.8, 4) is 5.75 Å². The zero-order chi connectivity index (χ0) is 14.3. The van der Waals surface area contributed by atoms with Crippen LogP contribution in [0.4, 0.5) is 13.2 Å². The molecule has 0 aliphatic carbocycles. The van der Waals surface area contributed by atoms with Gasteiger partial charge in [-0.15, -0.1) is 0 Å². The number of carbonyl (C=O) groups is 1. The van der Waals surface area contributed by atoms with E-state index in [9.17, 15) is 18.0 Å². The summed E-state index contributed by atoms with van der Waals surface area (Å²) in [6.45, 7) is -0.477. The summed E-state index contributed by atoms with van der Waals surface area (Å²) in [6.07, 6.45) is -4.81. The average Bonchev–Trinajstić information content (AvgIpc) is 2.38. The van der Waals surface area contributed by atoms with Crippen LogP contribution in [0.25, 0.3) is 0 Å². The Hall–Kier alpha value is -1.76. The van der Waals surface area contributed by atoms with Gasteiger partial charge in [0.25, 0.3) is 6.43 Å². The first-order chi connectivity index (χ1) is 8.99. The fraction of sp³-hybridized carbons (Fsp3) is 0.417. The van der Waals surface area contributed by atoms with E-state index in [1.165, 1.54) is 24.3 Å². The van der Waals surface area contributed by atoms with Gasteiger partial charge in [0, 0.05) is 6.54 Å². The standard InChI is InChI=1S/C12H14F3NO3/c13-8-1-3-9(4-2-8)19-6-5-11(18)16-7-10(17)12(14)15/h1-4,10,12,17H,5-7H2,(H,16,18). The molecule has 1 atom stereocenters. The number of aliphatic hydroxyl groups excluding tert-OH is 1. The van der Waals surface area contributed by atoms with Crippen LogP contribution in [0, 0.1) is 5.82 Å². The van der Waals surface area contributed by atoms with Crippen LogP contribution < -0.4 is 10.1 Å². The Bertz CT molecular complexity index is 398. The number of carbonyl (C=O) groups excluding carboxylic acids is 1. The fourth-order valence-electron chi connectivity index (χ4n) is 1.19. The average molecular weight is 277 g/mol. The first-order valence-electron chi connectivity index (χ1n) is 5.60. The third-order valence-corrected chi connectivity index (χ3v) is 2.21. The van der Waals surface area contributed by atoms with E-state index in [-0.39, 0.29) is 13.0 Å². The number of halogens is 3. The minimum atomic E-state index is -2.89. The number of aliphatic hydroxyl groups is 1. The first kappa shape index (κ1) is 15.3. The van der Waals surface area contributed by atoms with Gasteiger partial charge in [-0.05, 0) is 24.3 Å². The highest BCUT2D eigenvalue weighted by Gasteiger charge is 2.17. The zero-order valence-electron chi connectivity index (χ0n) is 9.98. The SMILES string of the molecule is O=C(CCOc1ccc(F)cc1)NCC(O)C(F)F. The Morgan fingerprint density at radius 3 is 2.53 bits per heavy atom. The van der Waals surface area contributed by atoms with E-state index in [4.69, 9.17) is 9.84 Å². The highest BCUT2D eigenvalue weighted by Crippen LogP contribution is 2.11. The van der Waals surface area contributed by atoms with E-state index >= 15 is 0 Å². The van der Waals surface area contributed by atoms with E-state index in [0.29, 0.717) is 5.75 Å². The van der Waals surface area contributed by atoms with Gasteiger partial charge in [0.15, 0.2) is 0 Å². The Kier molecular flexibility index (Phi) is 6.14. The summed E-state index contributed by atoms with van der Waals surface area (Å²) in [5.74, 6) is -0.505. The summed E-state index contributed by atoms with van der Waals surface area (Å²) in [6, 6.07) is 5.25. The number of hydrogen-bond donors (Lipinski definition) is 2. The molecule has 0 heterocycles. The lowest BCUT2D eigenvalue weighted by molar-refractivity contribution is -0.122. The molecule has 1 aromatic rings. The minimum Gasteiger partial charge on any atom is -0.493 e. The molecule has 1 aromatic carbocycles. The lowest BCUT2D eigenvalue weighted by Crippen LogP contribution is -2.36. The molecule has 106 valence electrons. The van der Waals surface area contributed by atoms with Gasteiger partial charge >= 0.3 is 0 Å². The summed E-state index contributed by atoms with van der Waals surface area (Å²) in [5, 5.41) is 10.9. The molecular weight excluding hydrogens is 263 g/mol. The van der Waals surface area contributed by atoms with Gasteiger partial charge < -0.3 is 15.2 Å². The molecule has 1 amide bonds. The molecule has 2 N–H and O–H groups in total. The highest BCUT2D eigenvalue weighted by atomic mass is 19.3. The predicted molar refractivity (Wildman–Crippen MR) is 61.5 cm³/mol. The molecule has 0 fully saturated rings. The largest absolute Gasteiger partial charge is 0.493 e. The van der Waals surface area contributed by atoms with Crippen LogP contribution in [-0.4, -0.2) is 36.7 Å². The van der Waals surface area contributed by atoms with Gasteiger partial charge in [-0.3, -0.25) is 4.79 Å². The van der Waals surface area contributed by atoms with Crippen LogP contribution in [0.2, 0.25) is 0 Å². The topological polar surface area (TPSA) is 58.6 Å².